The minimum absolute atomic E-state index is 0.143. The highest BCUT2D eigenvalue weighted by molar-refractivity contribution is 9.10. The molecule has 0 aliphatic rings. The quantitative estimate of drug-likeness (QED) is 0.843. The highest BCUT2D eigenvalue weighted by Gasteiger charge is 2.06. The van der Waals surface area contributed by atoms with E-state index in [1.165, 1.54) is 0 Å². The lowest BCUT2D eigenvalue weighted by molar-refractivity contribution is 0.298. The summed E-state index contributed by atoms with van der Waals surface area (Å²) < 4.78 is 0.977. The van der Waals surface area contributed by atoms with Crippen molar-refractivity contribution >= 4 is 26.8 Å². The second-order valence-electron chi connectivity index (χ2n) is 2.81. The molecule has 0 aliphatic carbocycles. The molecule has 0 fully saturated rings. The van der Waals surface area contributed by atoms with Crippen molar-refractivity contribution in [3.05, 3.63) is 28.4 Å². The van der Waals surface area contributed by atoms with E-state index in [4.69, 9.17) is 5.11 Å². The van der Waals surface area contributed by atoms with Crippen molar-refractivity contribution in [1.29, 1.82) is 0 Å². The Morgan fingerprint density at radius 2 is 2.31 bits per heavy atom. The molecule has 68 valence electrons. The average molecular weight is 241 g/mol. The van der Waals surface area contributed by atoms with Gasteiger partial charge in [-0.2, -0.15) is 5.10 Å². The number of hydrogen-bond acceptors (Lipinski definition) is 2. The smallest absolute Gasteiger partial charge is 0.106 e. The van der Waals surface area contributed by atoms with Crippen LogP contribution in [-0.2, 0) is 6.42 Å². The predicted molar refractivity (Wildman–Crippen MR) is 54.6 cm³/mol. The predicted octanol–water partition coefficient (Wildman–Crippen LogP) is 1.86. The second-order valence-corrected chi connectivity index (χ2v) is 3.67. The van der Waals surface area contributed by atoms with Crippen molar-refractivity contribution in [3.8, 4) is 0 Å². The number of benzene rings is 1. The molecule has 0 atom stereocenters. The van der Waals surface area contributed by atoms with Gasteiger partial charge in [0.05, 0.1) is 0 Å². The molecule has 4 heteroatoms. The summed E-state index contributed by atoms with van der Waals surface area (Å²) in [6.45, 7) is 0.143. The van der Waals surface area contributed by atoms with Crippen LogP contribution in [0.25, 0.3) is 10.9 Å². The fourth-order valence-corrected chi connectivity index (χ4v) is 1.81. The van der Waals surface area contributed by atoms with Crippen molar-refractivity contribution < 1.29 is 5.11 Å². The SMILES string of the molecule is OCCc1[nH]nc2c(Br)cccc12. The number of aliphatic hydroxyl groups is 1. The first-order valence-electron chi connectivity index (χ1n) is 4.05. The van der Waals surface area contributed by atoms with Gasteiger partial charge in [-0.05, 0) is 22.0 Å². The zero-order valence-electron chi connectivity index (χ0n) is 6.92. The van der Waals surface area contributed by atoms with E-state index >= 15 is 0 Å². The van der Waals surface area contributed by atoms with Gasteiger partial charge in [-0.15, -0.1) is 0 Å². The lowest BCUT2D eigenvalue weighted by Crippen LogP contribution is -1.90. The summed E-state index contributed by atoms with van der Waals surface area (Å²) in [6.07, 6.45) is 0.618. The van der Waals surface area contributed by atoms with Crippen molar-refractivity contribution in [2.75, 3.05) is 6.61 Å². The third-order valence-electron chi connectivity index (χ3n) is 1.98. The van der Waals surface area contributed by atoms with E-state index in [9.17, 15) is 0 Å². The van der Waals surface area contributed by atoms with Gasteiger partial charge in [-0.1, -0.05) is 12.1 Å². The van der Waals surface area contributed by atoms with Gasteiger partial charge in [-0.3, -0.25) is 5.10 Å². The van der Waals surface area contributed by atoms with Gasteiger partial charge in [0.25, 0.3) is 0 Å². The second kappa shape index (κ2) is 3.47. The molecule has 3 nitrogen and oxygen atoms in total. The first-order chi connectivity index (χ1) is 6.33. The van der Waals surface area contributed by atoms with Crippen molar-refractivity contribution in [1.82, 2.24) is 10.2 Å². The molecule has 0 amide bonds. The number of nitrogens with one attached hydrogen (secondary N) is 1. The number of aliphatic hydroxyl groups excluding tert-OH is 1. The van der Waals surface area contributed by atoms with Crippen LogP contribution in [0.15, 0.2) is 22.7 Å². The number of aromatic amines is 1. The van der Waals surface area contributed by atoms with Crippen LogP contribution in [0.5, 0.6) is 0 Å². The molecule has 0 aliphatic heterocycles. The molecule has 0 saturated carbocycles. The van der Waals surface area contributed by atoms with Crippen LogP contribution in [0, 0.1) is 0 Å². The van der Waals surface area contributed by atoms with Crippen LogP contribution < -0.4 is 0 Å². The zero-order chi connectivity index (χ0) is 9.26. The Morgan fingerprint density at radius 1 is 1.46 bits per heavy atom. The Labute approximate surface area is 83.9 Å². The summed E-state index contributed by atoms with van der Waals surface area (Å²) in [6, 6.07) is 5.91. The average Bonchev–Trinajstić information content (AvgIpc) is 2.51. The Balaban J connectivity index is 2.61. The Kier molecular flexibility index (Phi) is 2.33. The maximum absolute atomic E-state index is 8.81. The standard InChI is InChI=1S/C9H9BrN2O/c10-7-3-1-2-6-8(4-5-13)11-12-9(6)7/h1-3,13H,4-5H2,(H,11,12). The minimum atomic E-state index is 0.143. The van der Waals surface area contributed by atoms with Gasteiger partial charge in [0, 0.05) is 28.6 Å². The van der Waals surface area contributed by atoms with Crippen LogP contribution in [0.4, 0.5) is 0 Å². The van der Waals surface area contributed by atoms with Gasteiger partial charge >= 0.3 is 0 Å². The fourth-order valence-electron chi connectivity index (χ4n) is 1.36. The number of H-pyrrole nitrogens is 1. The molecule has 0 bridgehead atoms. The molecule has 0 unspecified atom stereocenters. The Hall–Kier alpha value is -0.870. The Bertz CT molecular complexity index is 424. The van der Waals surface area contributed by atoms with Crippen LogP contribution in [0.3, 0.4) is 0 Å². The van der Waals surface area contributed by atoms with Crippen LogP contribution in [0.2, 0.25) is 0 Å². The number of aromatic nitrogens is 2. The van der Waals surface area contributed by atoms with Gasteiger partial charge < -0.3 is 5.11 Å². The molecule has 2 N–H and O–H groups in total. The molecule has 1 aromatic carbocycles. The van der Waals surface area contributed by atoms with Crippen molar-refractivity contribution in [2.24, 2.45) is 0 Å². The zero-order valence-corrected chi connectivity index (χ0v) is 8.50. The topological polar surface area (TPSA) is 48.9 Å². The number of halogens is 1. The number of fused-ring (bicyclic) bond motifs is 1. The monoisotopic (exact) mass is 240 g/mol. The fraction of sp³-hybridized carbons (Fsp3) is 0.222. The summed E-state index contributed by atoms with van der Waals surface area (Å²) in [5, 5.41) is 16.9. The molecule has 0 spiro atoms. The molecule has 1 heterocycles. The van der Waals surface area contributed by atoms with Gasteiger partial charge in [0.2, 0.25) is 0 Å². The molecule has 13 heavy (non-hydrogen) atoms. The maximum Gasteiger partial charge on any atom is 0.106 e. The third kappa shape index (κ3) is 1.47. The van der Waals surface area contributed by atoms with E-state index < -0.39 is 0 Å². The minimum Gasteiger partial charge on any atom is -0.396 e. The van der Waals surface area contributed by atoms with Gasteiger partial charge in [0.15, 0.2) is 0 Å². The van der Waals surface area contributed by atoms with Crippen molar-refractivity contribution in [3.63, 3.8) is 0 Å². The van der Waals surface area contributed by atoms with Crippen LogP contribution in [-0.4, -0.2) is 21.9 Å². The van der Waals surface area contributed by atoms with E-state index in [0.717, 1.165) is 21.1 Å². The van der Waals surface area contributed by atoms with E-state index in [0.29, 0.717) is 6.42 Å². The van der Waals surface area contributed by atoms with E-state index in [2.05, 4.69) is 26.1 Å². The molecular weight excluding hydrogens is 232 g/mol. The molecular formula is C9H9BrN2O. The first kappa shape index (κ1) is 8.72. The molecule has 1 aromatic heterocycles. The van der Waals surface area contributed by atoms with Gasteiger partial charge in [0.1, 0.15) is 5.52 Å². The lowest BCUT2D eigenvalue weighted by atomic mass is 10.2. The van der Waals surface area contributed by atoms with E-state index in [-0.39, 0.29) is 6.61 Å². The van der Waals surface area contributed by atoms with Crippen LogP contribution in [0.1, 0.15) is 5.69 Å². The molecule has 0 saturated heterocycles. The highest BCUT2D eigenvalue weighted by Crippen LogP contribution is 2.23. The first-order valence-corrected chi connectivity index (χ1v) is 4.84. The summed E-state index contributed by atoms with van der Waals surface area (Å²) in [5.41, 5.74) is 1.91. The number of rotatable bonds is 2. The summed E-state index contributed by atoms with van der Waals surface area (Å²) >= 11 is 3.42. The van der Waals surface area contributed by atoms with Crippen molar-refractivity contribution in [2.45, 2.75) is 6.42 Å². The summed E-state index contributed by atoms with van der Waals surface area (Å²) in [5.74, 6) is 0. The Morgan fingerprint density at radius 3 is 3.08 bits per heavy atom. The molecule has 2 rings (SSSR count). The number of hydrogen-bond donors (Lipinski definition) is 2. The maximum atomic E-state index is 8.81. The summed E-state index contributed by atoms with van der Waals surface area (Å²) in [7, 11) is 0. The van der Waals surface area contributed by atoms with E-state index in [1.807, 2.05) is 18.2 Å². The third-order valence-corrected chi connectivity index (χ3v) is 2.62. The van der Waals surface area contributed by atoms with E-state index in [1.54, 1.807) is 0 Å². The molecule has 2 aromatic rings. The van der Waals surface area contributed by atoms with Crippen LogP contribution >= 0.6 is 15.9 Å². The molecule has 0 radical (unpaired) electrons. The number of nitrogens with zero attached hydrogens (tertiary/aromatic N) is 1. The summed E-state index contributed by atoms with van der Waals surface area (Å²) in [4.78, 5) is 0. The van der Waals surface area contributed by atoms with Gasteiger partial charge in [-0.25, -0.2) is 0 Å². The highest BCUT2D eigenvalue weighted by atomic mass is 79.9. The lowest BCUT2D eigenvalue weighted by Gasteiger charge is -1.94. The normalized spacial score (nSPS) is 10.9. The largest absolute Gasteiger partial charge is 0.396 e. The number of para-hydroxylation sites is 1.